The standard InChI is InChI=1S/C21H25N3O6S/c25-17-9-4-8-15(19(17)27)20(28)23-16(13-31-11-5-10-18(26)24-30)21(29)22-12-14-6-2-1-3-7-14/h1-4,6-9,16,25,27,30H,5,10-13H2,(H,22,29)(H,23,28)(H,24,26)/t16-/m0/s1. The van der Waals surface area contributed by atoms with Crippen LogP contribution in [0.4, 0.5) is 0 Å². The summed E-state index contributed by atoms with van der Waals surface area (Å²) in [5.74, 6) is -1.84. The molecule has 166 valence electrons. The minimum atomic E-state index is -0.908. The third-order valence-corrected chi connectivity index (χ3v) is 5.44. The number of thioether (sulfide) groups is 1. The van der Waals surface area contributed by atoms with Crippen molar-refractivity contribution in [3.05, 3.63) is 59.7 Å². The Morgan fingerprint density at radius 2 is 1.74 bits per heavy atom. The summed E-state index contributed by atoms with van der Waals surface area (Å²) in [6.07, 6.45) is 0.620. The van der Waals surface area contributed by atoms with Gasteiger partial charge in [-0.05, 0) is 29.9 Å². The number of hydroxylamine groups is 1. The number of aromatic hydroxyl groups is 2. The summed E-state index contributed by atoms with van der Waals surface area (Å²) in [5.41, 5.74) is 2.31. The molecule has 10 heteroatoms. The quantitative estimate of drug-likeness (QED) is 0.132. The molecule has 0 unspecified atom stereocenters. The summed E-state index contributed by atoms with van der Waals surface area (Å²) < 4.78 is 0. The van der Waals surface area contributed by atoms with Gasteiger partial charge < -0.3 is 20.8 Å². The van der Waals surface area contributed by atoms with E-state index in [1.807, 2.05) is 30.3 Å². The summed E-state index contributed by atoms with van der Waals surface area (Å²) in [4.78, 5) is 36.3. The number of nitrogens with one attached hydrogen (secondary N) is 3. The van der Waals surface area contributed by atoms with E-state index < -0.39 is 35.3 Å². The average molecular weight is 448 g/mol. The molecule has 0 aliphatic carbocycles. The minimum absolute atomic E-state index is 0.137. The van der Waals surface area contributed by atoms with E-state index in [1.165, 1.54) is 30.0 Å². The Morgan fingerprint density at radius 1 is 1.00 bits per heavy atom. The van der Waals surface area contributed by atoms with Crippen LogP contribution >= 0.6 is 11.8 Å². The molecule has 0 saturated carbocycles. The van der Waals surface area contributed by atoms with Gasteiger partial charge in [0.1, 0.15) is 6.04 Å². The Balaban J connectivity index is 1.99. The molecule has 0 radical (unpaired) electrons. The maximum atomic E-state index is 12.7. The van der Waals surface area contributed by atoms with Crippen molar-refractivity contribution in [2.75, 3.05) is 11.5 Å². The van der Waals surface area contributed by atoms with Crippen molar-refractivity contribution < 1.29 is 29.8 Å². The minimum Gasteiger partial charge on any atom is -0.504 e. The van der Waals surface area contributed by atoms with E-state index in [4.69, 9.17) is 5.21 Å². The predicted molar refractivity (Wildman–Crippen MR) is 116 cm³/mol. The van der Waals surface area contributed by atoms with Gasteiger partial charge in [-0.3, -0.25) is 19.6 Å². The van der Waals surface area contributed by atoms with Gasteiger partial charge in [-0.15, -0.1) is 0 Å². The van der Waals surface area contributed by atoms with Crippen molar-refractivity contribution in [2.24, 2.45) is 0 Å². The van der Waals surface area contributed by atoms with Crippen LogP contribution in [0.2, 0.25) is 0 Å². The molecular formula is C21H25N3O6S. The van der Waals surface area contributed by atoms with Gasteiger partial charge in [-0.25, -0.2) is 5.48 Å². The molecule has 3 amide bonds. The molecule has 2 aromatic rings. The van der Waals surface area contributed by atoms with Crippen LogP contribution in [0.5, 0.6) is 11.5 Å². The lowest BCUT2D eigenvalue weighted by Crippen LogP contribution is -2.48. The van der Waals surface area contributed by atoms with Gasteiger partial charge in [0.05, 0.1) is 5.56 Å². The Hall–Kier alpha value is -3.24. The van der Waals surface area contributed by atoms with Crippen LogP contribution in [0, 0.1) is 0 Å². The first-order valence-corrected chi connectivity index (χ1v) is 10.7. The van der Waals surface area contributed by atoms with Crippen LogP contribution in [0.15, 0.2) is 48.5 Å². The number of carbonyl (C=O) groups is 3. The summed E-state index contributed by atoms with van der Waals surface area (Å²) in [7, 11) is 0. The van der Waals surface area contributed by atoms with Gasteiger partial charge >= 0.3 is 0 Å². The number of hydrogen-bond donors (Lipinski definition) is 6. The maximum Gasteiger partial charge on any atom is 0.255 e. The van der Waals surface area contributed by atoms with Gasteiger partial charge in [-0.2, -0.15) is 11.8 Å². The molecule has 31 heavy (non-hydrogen) atoms. The molecule has 1 atom stereocenters. The molecule has 2 aromatic carbocycles. The molecule has 0 heterocycles. The summed E-state index contributed by atoms with van der Waals surface area (Å²) >= 11 is 1.36. The molecule has 0 bridgehead atoms. The van der Waals surface area contributed by atoms with E-state index >= 15 is 0 Å². The van der Waals surface area contributed by atoms with Crippen molar-refractivity contribution in [2.45, 2.75) is 25.4 Å². The first kappa shape index (κ1) is 24.0. The highest BCUT2D eigenvalue weighted by Crippen LogP contribution is 2.28. The number of rotatable bonds is 11. The lowest BCUT2D eigenvalue weighted by atomic mass is 10.1. The molecule has 6 N–H and O–H groups in total. The third-order valence-electron chi connectivity index (χ3n) is 4.29. The van der Waals surface area contributed by atoms with Crippen LogP contribution in [-0.2, 0) is 16.1 Å². The first-order chi connectivity index (χ1) is 14.9. The molecular weight excluding hydrogens is 422 g/mol. The van der Waals surface area contributed by atoms with Crippen molar-refractivity contribution >= 4 is 29.5 Å². The molecule has 0 saturated heterocycles. The van der Waals surface area contributed by atoms with Crippen molar-refractivity contribution in [1.82, 2.24) is 16.1 Å². The van der Waals surface area contributed by atoms with E-state index in [2.05, 4.69) is 10.6 Å². The molecule has 0 aliphatic heterocycles. The lowest BCUT2D eigenvalue weighted by molar-refractivity contribution is -0.129. The maximum absolute atomic E-state index is 12.7. The zero-order chi connectivity index (χ0) is 22.6. The summed E-state index contributed by atoms with van der Waals surface area (Å²) in [6.45, 7) is 0.282. The number of phenols is 2. The van der Waals surface area contributed by atoms with E-state index in [0.29, 0.717) is 12.2 Å². The normalized spacial score (nSPS) is 11.4. The molecule has 0 fully saturated rings. The Labute approximate surface area is 183 Å². The number of carbonyl (C=O) groups excluding carboxylic acids is 3. The van der Waals surface area contributed by atoms with Gasteiger partial charge in [0.15, 0.2) is 11.5 Å². The average Bonchev–Trinajstić information content (AvgIpc) is 2.78. The zero-order valence-corrected chi connectivity index (χ0v) is 17.5. The largest absolute Gasteiger partial charge is 0.504 e. The van der Waals surface area contributed by atoms with E-state index in [9.17, 15) is 24.6 Å². The molecule has 0 spiro atoms. The number of para-hydroxylation sites is 1. The van der Waals surface area contributed by atoms with Crippen LogP contribution < -0.4 is 16.1 Å². The van der Waals surface area contributed by atoms with Crippen LogP contribution in [0.1, 0.15) is 28.8 Å². The van der Waals surface area contributed by atoms with Crippen LogP contribution in [0.3, 0.4) is 0 Å². The molecule has 0 aromatic heterocycles. The number of benzene rings is 2. The number of amides is 3. The highest BCUT2D eigenvalue weighted by atomic mass is 32.2. The second-order valence-corrected chi connectivity index (χ2v) is 7.77. The lowest BCUT2D eigenvalue weighted by Gasteiger charge is -2.19. The first-order valence-electron chi connectivity index (χ1n) is 9.56. The Kier molecular flexibility index (Phi) is 9.66. The Morgan fingerprint density at radius 3 is 2.45 bits per heavy atom. The smallest absolute Gasteiger partial charge is 0.255 e. The third kappa shape index (κ3) is 7.83. The molecule has 0 aliphatic rings. The number of phenolic OH excluding ortho intramolecular Hbond substituents is 2. The van der Waals surface area contributed by atoms with Crippen LogP contribution in [-0.4, -0.2) is 50.7 Å². The second-order valence-electron chi connectivity index (χ2n) is 6.62. The van der Waals surface area contributed by atoms with Gasteiger partial charge in [0, 0.05) is 18.7 Å². The van der Waals surface area contributed by atoms with E-state index in [-0.39, 0.29) is 24.3 Å². The summed E-state index contributed by atoms with van der Waals surface area (Å²) in [5, 5.41) is 33.4. The fourth-order valence-corrected chi connectivity index (χ4v) is 3.62. The zero-order valence-electron chi connectivity index (χ0n) is 16.7. The fourth-order valence-electron chi connectivity index (χ4n) is 2.63. The molecule has 2 rings (SSSR count). The van der Waals surface area contributed by atoms with Crippen molar-refractivity contribution in [1.29, 1.82) is 0 Å². The Bertz CT molecular complexity index is 894. The SMILES string of the molecule is O=C(CCCSC[C@H](NC(=O)c1cccc(O)c1O)C(=O)NCc1ccccc1)NO. The predicted octanol–water partition coefficient (Wildman–Crippen LogP) is 1.53. The monoisotopic (exact) mass is 447 g/mol. The van der Waals surface area contributed by atoms with Crippen LogP contribution in [0.25, 0.3) is 0 Å². The van der Waals surface area contributed by atoms with Gasteiger partial charge in [0.2, 0.25) is 11.8 Å². The van der Waals surface area contributed by atoms with E-state index in [0.717, 1.165) is 5.56 Å². The highest BCUT2D eigenvalue weighted by Gasteiger charge is 2.23. The van der Waals surface area contributed by atoms with Gasteiger partial charge in [0.25, 0.3) is 5.91 Å². The highest BCUT2D eigenvalue weighted by molar-refractivity contribution is 7.99. The van der Waals surface area contributed by atoms with Gasteiger partial charge in [-0.1, -0.05) is 36.4 Å². The number of hydrogen-bond acceptors (Lipinski definition) is 7. The fraction of sp³-hybridized carbons (Fsp3) is 0.286. The molecule has 9 nitrogen and oxygen atoms in total. The van der Waals surface area contributed by atoms with Crippen molar-refractivity contribution in [3.63, 3.8) is 0 Å². The summed E-state index contributed by atoms with van der Waals surface area (Å²) in [6, 6.07) is 12.4. The second kappa shape index (κ2) is 12.5. The van der Waals surface area contributed by atoms with Crippen molar-refractivity contribution in [3.8, 4) is 11.5 Å². The van der Waals surface area contributed by atoms with E-state index in [1.54, 1.807) is 5.48 Å². The topological polar surface area (TPSA) is 148 Å².